The molecule has 0 spiro atoms. The van der Waals surface area contributed by atoms with Gasteiger partial charge in [-0.05, 0) is 19.1 Å². The van der Waals surface area contributed by atoms with Crippen LogP contribution >= 0.6 is 0 Å². The summed E-state index contributed by atoms with van der Waals surface area (Å²) in [7, 11) is 1.49. The Labute approximate surface area is 178 Å². The Balaban J connectivity index is 1.60. The molecule has 2 aromatic carbocycles. The normalized spacial score (nSPS) is 13.7. The van der Waals surface area contributed by atoms with E-state index >= 15 is 0 Å². The number of carbonyl (C=O) groups excluding carboxylic acids is 3. The van der Waals surface area contributed by atoms with Crippen molar-refractivity contribution in [2.45, 2.75) is 19.8 Å². The van der Waals surface area contributed by atoms with Crippen molar-refractivity contribution < 1.29 is 14.4 Å². The lowest BCUT2D eigenvalue weighted by molar-refractivity contribution is -0.130. The van der Waals surface area contributed by atoms with Crippen molar-refractivity contribution >= 4 is 34.3 Å². The minimum absolute atomic E-state index is 0.160. The molecule has 3 amide bonds. The summed E-state index contributed by atoms with van der Waals surface area (Å²) in [5.74, 6) is -1.18. The fourth-order valence-corrected chi connectivity index (χ4v) is 3.32. The van der Waals surface area contributed by atoms with Crippen molar-refractivity contribution in [3.63, 3.8) is 0 Å². The van der Waals surface area contributed by atoms with Crippen molar-refractivity contribution in [2.75, 3.05) is 7.05 Å². The number of hydrogen-bond acceptors (Lipinski definition) is 5. The van der Waals surface area contributed by atoms with E-state index in [2.05, 4.69) is 20.9 Å². The molecule has 8 heteroatoms. The quantitative estimate of drug-likeness (QED) is 0.642. The number of aryl methyl sites for hydroxylation is 1. The number of carbonyl (C=O) groups is 3. The number of nitrogens with one attached hydrogen (secondary N) is 2. The standard InChI is InChI=1S/C23H21N5O3/c1-14-7-9-15(10-8-14)20-13-17(16-5-3-4-6-18(16)24-20)22(30)25-26-23(31)19-11-12-21(29)28(2)27-19/h3-10,13H,11-12H2,1-2H3,(H,25,30)(H,26,31). The maximum atomic E-state index is 12.9. The second kappa shape index (κ2) is 8.35. The average molecular weight is 415 g/mol. The van der Waals surface area contributed by atoms with Gasteiger partial charge in [-0.2, -0.15) is 5.10 Å². The smallest absolute Gasteiger partial charge is 0.273 e. The first-order valence-electron chi connectivity index (χ1n) is 9.84. The maximum absolute atomic E-state index is 12.9. The molecule has 1 aliphatic heterocycles. The SMILES string of the molecule is Cc1ccc(-c2cc(C(=O)NNC(=O)C3=NN(C)C(=O)CC3)c3ccccc3n2)cc1. The molecule has 0 saturated heterocycles. The third kappa shape index (κ3) is 4.28. The van der Waals surface area contributed by atoms with E-state index in [1.165, 1.54) is 7.05 Å². The second-order valence-electron chi connectivity index (χ2n) is 7.31. The van der Waals surface area contributed by atoms with Crippen LogP contribution in [-0.4, -0.2) is 40.5 Å². The molecule has 156 valence electrons. The van der Waals surface area contributed by atoms with Crippen LogP contribution in [0.15, 0.2) is 59.7 Å². The number of hydrogen-bond donors (Lipinski definition) is 2. The molecule has 8 nitrogen and oxygen atoms in total. The fraction of sp³-hybridized carbons (Fsp3) is 0.174. The first-order chi connectivity index (χ1) is 14.9. The third-order valence-electron chi connectivity index (χ3n) is 5.07. The molecule has 31 heavy (non-hydrogen) atoms. The summed E-state index contributed by atoms with van der Waals surface area (Å²) >= 11 is 0. The number of aromatic nitrogens is 1. The van der Waals surface area contributed by atoms with Gasteiger partial charge in [0, 0.05) is 30.8 Å². The Morgan fingerprint density at radius 3 is 2.42 bits per heavy atom. The van der Waals surface area contributed by atoms with Crippen LogP contribution in [0.25, 0.3) is 22.2 Å². The topological polar surface area (TPSA) is 104 Å². The van der Waals surface area contributed by atoms with Gasteiger partial charge < -0.3 is 0 Å². The largest absolute Gasteiger partial charge is 0.285 e. The average Bonchev–Trinajstić information content (AvgIpc) is 2.78. The van der Waals surface area contributed by atoms with Gasteiger partial charge in [-0.25, -0.2) is 9.99 Å². The van der Waals surface area contributed by atoms with E-state index in [1.807, 2.05) is 55.5 Å². The summed E-state index contributed by atoms with van der Waals surface area (Å²) in [6, 6.07) is 16.9. The van der Waals surface area contributed by atoms with Gasteiger partial charge in [-0.15, -0.1) is 0 Å². The number of amides is 3. The summed E-state index contributed by atoms with van der Waals surface area (Å²) in [5, 5.41) is 5.75. The Hall–Kier alpha value is -4.07. The Morgan fingerprint density at radius 2 is 1.68 bits per heavy atom. The first-order valence-corrected chi connectivity index (χ1v) is 9.84. The van der Waals surface area contributed by atoms with Gasteiger partial charge in [0.2, 0.25) is 5.91 Å². The van der Waals surface area contributed by atoms with Gasteiger partial charge in [-0.1, -0.05) is 48.0 Å². The predicted octanol–water partition coefficient (Wildman–Crippen LogP) is 2.58. The lowest BCUT2D eigenvalue weighted by Gasteiger charge is -2.19. The van der Waals surface area contributed by atoms with E-state index in [-0.39, 0.29) is 24.5 Å². The van der Waals surface area contributed by atoms with E-state index in [0.717, 1.165) is 16.1 Å². The molecule has 0 saturated carbocycles. The summed E-state index contributed by atoms with van der Waals surface area (Å²) < 4.78 is 0. The van der Waals surface area contributed by atoms with Crippen LogP contribution in [0.2, 0.25) is 0 Å². The molecule has 0 fully saturated rings. The van der Waals surface area contributed by atoms with Gasteiger partial charge in [0.05, 0.1) is 16.8 Å². The van der Waals surface area contributed by atoms with Gasteiger partial charge in [-0.3, -0.25) is 25.2 Å². The van der Waals surface area contributed by atoms with Crippen molar-refractivity contribution in [1.82, 2.24) is 20.8 Å². The first kappa shape index (κ1) is 20.2. The lowest BCUT2D eigenvalue weighted by Crippen LogP contribution is -2.46. The van der Waals surface area contributed by atoms with Crippen molar-refractivity contribution in [3.8, 4) is 11.3 Å². The highest BCUT2D eigenvalue weighted by molar-refractivity contribution is 6.39. The van der Waals surface area contributed by atoms with Crippen molar-refractivity contribution in [1.29, 1.82) is 0 Å². The number of hydrazine groups is 1. The highest BCUT2D eigenvalue weighted by Crippen LogP contribution is 2.25. The fourth-order valence-electron chi connectivity index (χ4n) is 3.32. The van der Waals surface area contributed by atoms with E-state index in [0.29, 0.717) is 22.2 Å². The van der Waals surface area contributed by atoms with Crippen LogP contribution in [-0.2, 0) is 9.59 Å². The Morgan fingerprint density at radius 1 is 0.968 bits per heavy atom. The predicted molar refractivity (Wildman–Crippen MR) is 117 cm³/mol. The van der Waals surface area contributed by atoms with Gasteiger partial charge in [0.15, 0.2) is 0 Å². The Kier molecular flexibility index (Phi) is 5.44. The van der Waals surface area contributed by atoms with Crippen LogP contribution in [0.4, 0.5) is 0 Å². The molecule has 0 bridgehead atoms. The molecule has 0 unspecified atom stereocenters. The van der Waals surface area contributed by atoms with E-state index in [9.17, 15) is 14.4 Å². The lowest BCUT2D eigenvalue weighted by atomic mass is 10.0. The molecular weight excluding hydrogens is 394 g/mol. The minimum atomic E-state index is -0.551. The van der Waals surface area contributed by atoms with Crippen LogP contribution in [0, 0.1) is 6.92 Å². The molecule has 2 heterocycles. The zero-order valence-corrected chi connectivity index (χ0v) is 17.2. The number of hydrazone groups is 1. The number of rotatable bonds is 3. The zero-order chi connectivity index (χ0) is 22.0. The highest BCUT2D eigenvalue weighted by Gasteiger charge is 2.22. The van der Waals surface area contributed by atoms with Crippen LogP contribution < -0.4 is 10.9 Å². The maximum Gasteiger partial charge on any atom is 0.285 e. The summed E-state index contributed by atoms with van der Waals surface area (Å²) in [5.41, 5.74) is 8.76. The van der Waals surface area contributed by atoms with Crippen LogP contribution in [0.5, 0.6) is 0 Å². The molecule has 3 aromatic rings. The summed E-state index contributed by atoms with van der Waals surface area (Å²) in [6.45, 7) is 2.00. The third-order valence-corrected chi connectivity index (χ3v) is 5.07. The molecule has 1 aromatic heterocycles. The van der Waals surface area contributed by atoms with E-state index in [4.69, 9.17) is 0 Å². The molecular formula is C23H21N5O3. The van der Waals surface area contributed by atoms with Gasteiger partial charge >= 0.3 is 0 Å². The molecule has 0 atom stereocenters. The number of nitrogens with zero attached hydrogens (tertiary/aromatic N) is 3. The minimum Gasteiger partial charge on any atom is -0.273 e. The highest BCUT2D eigenvalue weighted by atomic mass is 16.2. The van der Waals surface area contributed by atoms with Gasteiger partial charge in [0.25, 0.3) is 11.8 Å². The zero-order valence-electron chi connectivity index (χ0n) is 17.2. The Bertz CT molecular complexity index is 1220. The molecule has 0 aliphatic carbocycles. The summed E-state index contributed by atoms with van der Waals surface area (Å²) in [6.07, 6.45) is 0.423. The number of benzene rings is 2. The van der Waals surface area contributed by atoms with Gasteiger partial charge in [0.1, 0.15) is 5.71 Å². The number of para-hydroxylation sites is 1. The second-order valence-corrected chi connectivity index (χ2v) is 7.31. The molecule has 4 rings (SSSR count). The van der Waals surface area contributed by atoms with E-state index in [1.54, 1.807) is 6.07 Å². The number of pyridine rings is 1. The van der Waals surface area contributed by atoms with E-state index < -0.39 is 11.8 Å². The van der Waals surface area contributed by atoms with Crippen LogP contribution in [0.1, 0.15) is 28.8 Å². The van der Waals surface area contributed by atoms with Crippen molar-refractivity contribution in [3.05, 3.63) is 65.7 Å². The molecule has 1 aliphatic rings. The number of fused-ring (bicyclic) bond motifs is 1. The molecule has 0 radical (unpaired) electrons. The molecule has 2 N–H and O–H groups in total. The van der Waals surface area contributed by atoms with Crippen LogP contribution in [0.3, 0.4) is 0 Å². The summed E-state index contributed by atoms with van der Waals surface area (Å²) in [4.78, 5) is 41.5. The monoisotopic (exact) mass is 415 g/mol. The van der Waals surface area contributed by atoms with Crippen molar-refractivity contribution in [2.24, 2.45) is 5.10 Å².